The average molecular weight is 530 g/mol. The molecule has 1 heterocycles. The zero-order chi connectivity index (χ0) is 25.4. The Morgan fingerprint density at radius 2 is 1.85 bits per heavy atom. The minimum Gasteiger partial charge on any atom is -0.489 e. The number of piperidine rings is 1. The van der Waals surface area contributed by atoms with Gasteiger partial charge >= 0.3 is 6.09 Å². The molecule has 1 saturated carbocycles. The number of halogens is 2. The Labute approximate surface area is 215 Å². The molecule has 4 unspecified atom stereocenters. The SMILES string of the molecule is C=CCOc1cc(Cl)c(Cl)cc1C(=NS(=O)C(C)(C)C)C1CC2CC1CN2C(=O)OC(C)(C)C. The molecule has 1 aromatic rings. The molecule has 6 nitrogen and oxygen atoms in total. The summed E-state index contributed by atoms with van der Waals surface area (Å²) in [5.74, 6) is 0.680. The Morgan fingerprint density at radius 1 is 1.21 bits per heavy atom. The first-order chi connectivity index (χ1) is 15.7. The highest BCUT2D eigenvalue weighted by Gasteiger charge is 2.50. The molecule has 1 aliphatic carbocycles. The van der Waals surface area contributed by atoms with Crippen molar-refractivity contribution >= 4 is 46.0 Å². The number of rotatable bonds is 6. The number of nitrogens with zero attached hydrogens (tertiary/aromatic N) is 2. The van der Waals surface area contributed by atoms with E-state index in [1.165, 1.54) is 0 Å². The van der Waals surface area contributed by atoms with Gasteiger partial charge in [-0.25, -0.2) is 9.00 Å². The average Bonchev–Trinajstić information content (AvgIpc) is 3.31. The standard InChI is InChI=1S/C25H34Cl2N2O4S/c1-8-9-32-21-13-20(27)19(26)12-18(21)22(28-34(31)25(5,6)7)17-11-16-10-15(17)14-29(16)23(30)33-24(2,3)4/h8,12-13,15-17H,1,9-11,14H2,2-7H3. The lowest BCUT2D eigenvalue weighted by Crippen LogP contribution is -2.44. The molecule has 4 atom stereocenters. The van der Waals surface area contributed by atoms with Gasteiger partial charge in [-0.1, -0.05) is 35.9 Å². The quantitative estimate of drug-likeness (QED) is 0.314. The van der Waals surface area contributed by atoms with Gasteiger partial charge in [0, 0.05) is 30.1 Å². The zero-order valence-corrected chi connectivity index (χ0v) is 23.0. The van der Waals surface area contributed by atoms with E-state index in [1.807, 2.05) is 46.4 Å². The summed E-state index contributed by atoms with van der Waals surface area (Å²) in [5.41, 5.74) is 0.809. The van der Waals surface area contributed by atoms with Crippen LogP contribution in [0.1, 0.15) is 59.9 Å². The Kier molecular flexibility index (Phi) is 8.10. The normalized spacial score (nSPS) is 23.7. The third-order valence-electron chi connectivity index (χ3n) is 5.88. The Morgan fingerprint density at radius 3 is 2.38 bits per heavy atom. The van der Waals surface area contributed by atoms with E-state index in [4.69, 9.17) is 37.1 Å². The fraction of sp³-hybridized carbons (Fsp3) is 0.600. The van der Waals surface area contributed by atoms with E-state index in [0.29, 0.717) is 40.0 Å². The molecule has 0 aromatic heterocycles. The highest BCUT2D eigenvalue weighted by molar-refractivity contribution is 7.85. The second-order valence-corrected chi connectivity index (χ2v) is 13.5. The van der Waals surface area contributed by atoms with Crippen LogP contribution in [0.5, 0.6) is 5.75 Å². The van der Waals surface area contributed by atoms with Crippen molar-refractivity contribution in [2.45, 2.75) is 70.8 Å². The predicted octanol–water partition coefficient (Wildman–Crippen LogP) is 6.46. The van der Waals surface area contributed by atoms with E-state index < -0.39 is 21.3 Å². The van der Waals surface area contributed by atoms with Crippen LogP contribution < -0.4 is 4.74 Å². The number of likely N-dealkylation sites (tertiary alicyclic amines) is 1. The molecule has 1 saturated heterocycles. The van der Waals surface area contributed by atoms with Gasteiger partial charge in [0.25, 0.3) is 0 Å². The van der Waals surface area contributed by atoms with Crippen LogP contribution >= 0.6 is 23.2 Å². The van der Waals surface area contributed by atoms with E-state index in [2.05, 4.69) is 6.58 Å². The van der Waals surface area contributed by atoms with Gasteiger partial charge in [-0.2, -0.15) is 4.40 Å². The lowest BCUT2D eigenvalue weighted by Gasteiger charge is -2.34. The number of carbonyl (C=O) groups excluding carboxylic acids is 1. The fourth-order valence-electron chi connectivity index (χ4n) is 4.37. The van der Waals surface area contributed by atoms with Crippen molar-refractivity contribution in [1.82, 2.24) is 4.90 Å². The van der Waals surface area contributed by atoms with Crippen molar-refractivity contribution in [2.24, 2.45) is 16.2 Å². The second kappa shape index (κ2) is 10.2. The molecular formula is C25H34Cl2N2O4S. The summed E-state index contributed by atoms with van der Waals surface area (Å²) in [7, 11) is -1.49. The van der Waals surface area contributed by atoms with E-state index in [1.54, 1.807) is 18.2 Å². The fourth-order valence-corrected chi connectivity index (χ4v) is 5.38. The molecule has 188 valence electrons. The van der Waals surface area contributed by atoms with E-state index >= 15 is 0 Å². The number of carbonyl (C=O) groups is 1. The second-order valence-electron chi connectivity index (χ2n) is 10.8. The van der Waals surface area contributed by atoms with Crippen LogP contribution in [0.3, 0.4) is 0 Å². The summed E-state index contributed by atoms with van der Waals surface area (Å²) in [4.78, 5) is 14.5. The van der Waals surface area contributed by atoms with Crippen LogP contribution in [-0.2, 0) is 15.7 Å². The first-order valence-corrected chi connectivity index (χ1v) is 13.3. The summed E-state index contributed by atoms with van der Waals surface area (Å²) >= 11 is 12.7. The Hall–Kier alpha value is -1.57. The van der Waals surface area contributed by atoms with Crippen LogP contribution in [0.2, 0.25) is 10.0 Å². The van der Waals surface area contributed by atoms with Gasteiger partial charge in [0.05, 0.1) is 20.5 Å². The number of amides is 1. The highest BCUT2D eigenvalue weighted by atomic mass is 35.5. The van der Waals surface area contributed by atoms with E-state index in [9.17, 15) is 9.00 Å². The minimum absolute atomic E-state index is 0.00156. The number of benzene rings is 1. The molecule has 1 amide bonds. The van der Waals surface area contributed by atoms with Crippen molar-refractivity contribution in [2.75, 3.05) is 13.2 Å². The van der Waals surface area contributed by atoms with Gasteiger partial charge in [-0.05, 0) is 66.4 Å². The van der Waals surface area contributed by atoms with Gasteiger partial charge < -0.3 is 14.4 Å². The van der Waals surface area contributed by atoms with Gasteiger partial charge in [0.2, 0.25) is 0 Å². The lowest BCUT2D eigenvalue weighted by molar-refractivity contribution is 0.0178. The first kappa shape index (κ1) is 27.0. The zero-order valence-electron chi connectivity index (χ0n) is 20.7. The molecule has 1 aliphatic heterocycles. The van der Waals surface area contributed by atoms with Crippen LogP contribution in [0.15, 0.2) is 29.2 Å². The summed E-state index contributed by atoms with van der Waals surface area (Å²) in [6.45, 7) is 15.8. The lowest BCUT2D eigenvalue weighted by atomic mass is 9.86. The third kappa shape index (κ3) is 6.16. The van der Waals surface area contributed by atoms with Crippen molar-refractivity contribution in [3.05, 3.63) is 40.4 Å². The number of hydrogen-bond donors (Lipinski definition) is 0. The maximum absolute atomic E-state index is 13.1. The number of ether oxygens (including phenoxy) is 2. The van der Waals surface area contributed by atoms with Crippen LogP contribution in [0.25, 0.3) is 0 Å². The Balaban J connectivity index is 1.99. The molecule has 0 spiro atoms. The molecule has 9 heteroatoms. The summed E-state index contributed by atoms with van der Waals surface area (Å²) in [6, 6.07) is 3.44. The van der Waals surface area contributed by atoms with E-state index in [0.717, 1.165) is 6.42 Å². The molecule has 0 N–H and O–H groups in total. The predicted molar refractivity (Wildman–Crippen MR) is 140 cm³/mol. The third-order valence-corrected chi connectivity index (χ3v) is 8.01. The van der Waals surface area contributed by atoms with Gasteiger partial charge in [-0.15, -0.1) is 0 Å². The minimum atomic E-state index is -1.49. The monoisotopic (exact) mass is 528 g/mol. The van der Waals surface area contributed by atoms with Crippen LogP contribution in [-0.4, -0.2) is 50.5 Å². The molecule has 3 rings (SSSR count). The Bertz CT molecular complexity index is 1010. The van der Waals surface area contributed by atoms with Crippen LogP contribution in [0, 0.1) is 11.8 Å². The first-order valence-electron chi connectivity index (χ1n) is 11.4. The summed E-state index contributed by atoms with van der Waals surface area (Å²) in [6.07, 6.45) is 2.90. The topological polar surface area (TPSA) is 68.2 Å². The van der Waals surface area contributed by atoms with Gasteiger partial charge in [0.1, 0.15) is 28.9 Å². The summed E-state index contributed by atoms with van der Waals surface area (Å²) in [5, 5.41) is 0.736. The molecule has 1 aromatic carbocycles. The van der Waals surface area contributed by atoms with Crippen molar-refractivity contribution < 1.29 is 18.5 Å². The van der Waals surface area contributed by atoms with Gasteiger partial charge in [0.15, 0.2) is 0 Å². The number of fused-ring (bicyclic) bond motifs is 2. The van der Waals surface area contributed by atoms with Crippen molar-refractivity contribution in [3.63, 3.8) is 0 Å². The molecule has 0 radical (unpaired) electrons. The van der Waals surface area contributed by atoms with E-state index in [-0.39, 0.29) is 30.6 Å². The smallest absolute Gasteiger partial charge is 0.410 e. The molecule has 2 aliphatic rings. The largest absolute Gasteiger partial charge is 0.489 e. The van der Waals surface area contributed by atoms with Crippen LogP contribution in [0.4, 0.5) is 4.79 Å². The molecule has 2 fully saturated rings. The highest BCUT2D eigenvalue weighted by Crippen LogP contribution is 2.46. The van der Waals surface area contributed by atoms with Crippen molar-refractivity contribution in [1.29, 1.82) is 0 Å². The van der Waals surface area contributed by atoms with Gasteiger partial charge in [-0.3, -0.25) is 0 Å². The molecule has 34 heavy (non-hydrogen) atoms. The summed E-state index contributed by atoms with van der Waals surface area (Å²) < 4.78 is 28.8. The molecule has 2 bridgehead atoms. The number of hydrogen-bond acceptors (Lipinski definition) is 4. The maximum atomic E-state index is 13.1. The van der Waals surface area contributed by atoms with Crippen molar-refractivity contribution in [3.8, 4) is 5.75 Å². The maximum Gasteiger partial charge on any atom is 0.410 e. The molecular weight excluding hydrogens is 495 g/mol.